The van der Waals surface area contributed by atoms with Crippen LogP contribution in [0, 0.1) is 0 Å². The van der Waals surface area contributed by atoms with E-state index in [0.29, 0.717) is 5.52 Å². The van der Waals surface area contributed by atoms with Crippen LogP contribution in [-0.4, -0.2) is 41.3 Å². The predicted molar refractivity (Wildman–Crippen MR) is 115 cm³/mol. The number of H-pyrrole nitrogens is 1. The Kier molecular flexibility index (Phi) is 4.99. The van der Waals surface area contributed by atoms with Crippen LogP contribution < -0.4 is 14.8 Å². The highest BCUT2D eigenvalue weighted by Crippen LogP contribution is 2.32. The summed E-state index contributed by atoms with van der Waals surface area (Å²) in [6.45, 7) is 3.77. The minimum absolute atomic E-state index is 0.0421. The summed E-state index contributed by atoms with van der Waals surface area (Å²) < 4.78 is 0. The van der Waals surface area contributed by atoms with Gasteiger partial charge in [0.1, 0.15) is 37.4 Å². The summed E-state index contributed by atoms with van der Waals surface area (Å²) in [7, 11) is 0. The summed E-state index contributed by atoms with van der Waals surface area (Å²) in [5, 5.41) is 12.1. The Bertz CT molecular complexity index is 1130. The van der Waals surface area contributed by atoms with Crippen molar-refractivity contribution in [3.63, 3.8) is 0 Å². The topological polar surface area (TPSA) is 67.8 Å². The molecule has 1 fully saturated rings. The van der Waals surface area contributed by atoms with Gasteiger partial charge in [-0.25, -0.2) is 4.98 Å². The van der Waals surface area contributed by atoms with Gasteiger partial charge in [-0.3, -0.25) is 14.9 Å². The second kappa shape index (κ2) is 8.08. The van der Waals surface area contributed by atoms with Crippen molar-refractivity contribution < 1.29 is 15.0 Å². The second-order valence-corrected chi connectivity index (χ2v) is 7.66. The van der Waals surface area contributed by atoms with Gasteiger partial charge < -0.3 is 10.0 Å². The lowest BCUT2D eigenvalue weighted by Crippen LogP contribution is -3.15. The SMILES string of the molecule is Oc1c([C@H](c2ccccn2)[NH+]2CCN(c3cccc[nH+]3)CC2)ccc2cccnc12. The highest BCUT2D eigenvalue weighted by Gasteiger charge is 2.35. The number of nitrogens with zero attached hydrogens (tertiary/aromatic N) is 3. The maximum Gasteiger partial charge on any atom is 0.274 e. The van der Waals surface area contributed by atoms with E-state index in [4.69, 9.17) is 0 Å². The smallest absolute Gasteiger partial charge is 0.274 e. The van der Waals surface area contributed by atoms with Gasteiger partial charge in [0, 0.05) is 23.8 Å². The van der Waals surface area contributed by atoms with Crippen LogP contribution in [0.4, 0.5) is 5.82 Å². The maximum atomic E-state index is 11.1. The summed E-state index contributed by atoms with van der Waals surface area (Å²) in [5.74, 6) is 1.40. The normalized spacial score (nSPS) is 15.9. The lowest BCUT2D eigenvalue weighted by atomic mass is 9.97. The van der Waals surface area contributed by atoms with Gasteiger partial charge in [0.05, 0.1) is 11.8 Å². The molecule has 4 aromatic rings. The van der Waals surface area contributed by atoms with Crippen LogP contribution in [0.1, 0.15) is 17.3 Å². The first kappa shape index (κ1) is 18.5. The maximum absolute atomic E-state index is 11.1. The molecule has 6 nitrogen and oxygen atoms in total. The molecule has 0 bridgehead atoms. The van der Waals surface area contributed by atoms with Gasteiger partial charge in [-0.1, -0.05) is 24.3 Å². The molecule has 1 aliphatic heterocycles. The van der Waals surface area contributed by atoms with Crippen molar-refractivity contribution in [1.29, 1.82) is 0 Å². The number of quaternary nitrogens is 1. The zero-order chi connectivity index (χ0) is 20.3. The number of phenols is 1. The van der Waals surface area contributed by atoms with Gasteiger partial charge in [0.25, 0.3) is 5.82 Å². The zero-order valence-corrected chi connectivity index (χ0v) is 16.7. The first-order valence-electron chi connectivity index (χ1n) is 10.3. The van der Waals surface area contributed by atoms with Crippen molar-refractivity contribution in [3.8, 4) is 5.75 Å². The van der Waals surface area contributed by atoms with E-state index in [1.165, 1.54) is 4.90 Å². The summed E-state index contributed by atoms with van der Waals surface area (Å²) >= 11 is 0. The van der Waals surface area contributed by atoms with E-state index < -0.39 is 0 Å². The minimum Gasteiger partial charge on any atom is -0.505 e. The Morgan fingerprint density at radius 2 is 1.73 bits per heavy atom. The van der Waals surface area contributed by atoms with Gasteiger partial charge >= 0.3 is 0 Å². The molecule has 4 heterocycles. The Morgan fingerprint density at radius 1 is 0.900 bits per heavy atom. The van der Waals surface area contributed by atoms with Crippen molar-refractivity contribution in [3.05, 3.63) is 90.5 Å². The number of benzene rings is 1. The fraction of sp³-hybridized carbons (Fsp3) is 0.208. The number of phenolic OH excluding ortho intramolecular Hbond substituents is 1. The van der Waals surface area contributed by atoms with Crippen LogP contribution in [0.5, 0.6) is 5.75 Å². The van der Waals surface area contributed by atoms with Crippen LogP contribution in [0.3, 0.4) is 0 Å². The Labute approximate surface area is 175 Å². The minimum atomic E-state index is -0.0421. The predicted octanol–water partition coefficient (Wildman–Crippen LogP) is 1.64. The van der Waals surface area contributed by atoms with Crippen molar-refractivity contribution in [1.82, 2.24) is 9.97 Å². The molecule has 3 N–H and O–H groups in total. The van der Waals surface area contributed by atoms with Gasteiger partial charge in [0.15, 0.2) is 11.8 Å². The van der Waals surface area contributed by atoms with Crippen LogP contribution in [0.15, 0.2) is 79.3 Å². The Morgan fingerprint density at radius 3 is 2.50 bits per heavy atom. The molecule has 1 saturated heterocycles. The Hall–Kier alpha value is -3.51. The molecule has 0 spiro atoms. The molecule has 0 aliphatic carbocycles. The molecule has 1 aromatic carbocycles. The van der Waals surface area contributed by atoms with E-state index in [1.807, 2.05) is 54.9 Å². The number of piperazine rings is 1. The van der Waals surface area contributed by atoms with Crippen LogP contribution in [0.2, 0.25) is 0 Å². The van der Waals surface area contributed by atoms with Crippen LogP contribution in [-0.2, 0) is 0 Å². The molecular formula is C24H25N5O+2. The van der Waals surface area contributed by atoms with E-state index in [1.54, 1.807) is 6.20 Å². The molecule has 150 valence electrons. The average Bonchev–Trinajstić information content (AvgIpc) is 2.83. The molecule has 3 aromatic heterocycles. The van der Waals surface area contributed by atoms with Crippen molar-refractivity contribution in [2.75, 3.05) is 31.1 Å². The van der Waals surface area contributed by atoms with E-state index in [9.17, 15) is 5.11 Å². The number of rotatable bonds is 4. The first-order chi connectivity index (χ1) is 14.8. The molecular weight excluding hydrogens is 374 g/mol. The number of hydrogen-bond acceptors (Lipinski definition) is 4. The number of aromatic hydroxyl groups is 1. The highest BCUT2D eigenvalue weighted by atomic mass is 16.3. The molecule has 0 amide bonds. The number of hydrogen-bond donors (Lipinski definition) is 2. The Balaban J connectivity index is 1.49. The average molecular weight is 399 g/mol. The quantitative estimate of drug-likeness (QED) is 0.548. The number of nitrogens with one attached hydrogen (secondary N) is 2. The van der Waals surface area contributed by atoms with Gasteiger partial charge in [-0.2, -0.15) is 0 Å². The highest BCUT2D eigenvalue weighted by molar-refractivity contribution is 5.85. The molecule has 0 unspecified atom stereocenters. The number of pyridine rings is 3. The monoisotopic (exact) mass is 399 g/mol. The molecule has 1 aliphatic rings. The van der Waals surface area contributed by atoms with E-state index in [0.717, 1.165) is 48.6 Å². The molecule has 30 heavy (non-hydrogen) atoms. The standard InChI is InChI=1S/C24H23N5O/c30-24-19(10-9-18-6-5-13-27-22(18)24)23(20-7-1-3-11-25-20)29-16-14-28(15-17-29)21-8-2-4-12-26-21/h1-13,23,30H,14-17H2/p+2/t23-/m1/s1. The van der Waals surface area contributed by atoms with E-state index in [-0.39, 0.29) is 11.8 Å². The summed E-state index contributed by atoms with van der Waals surface area (Å²) in [5.41, 5.74) is 2.50. The number of aromatic nitrogens is 3. The lowest BCUT2D eigenvalue weighted by molar-refractivity contribution is -0.926. The molecule has 0 saturated carbocycles. The fourth-order valence-electron chi connectivity index (χ4n) is 4.42. The summed E-state index contributed by atoms with van der Waals surface area (Å²) in [6, 6.07) is 20.1. The third-order valence-corrected chi connectivity index (χ3v) is 5.92. The first-order valence-corrected chi connectivity index (χ1v) is 10.3. The molecule has 1 atom stereocenters. The zero-order valence-electron chi connectivity index (χ0n) is 16.7. The summed E-state index contributed by atoms with van der Waals surface area (Å²) in [6.07, 6.45) is 5.52. The molecule has 0 radical (unpaired) electrons. The van der Waals surface area contributed by atoms with E-state index >= 15 is 0 Å². The van der Waals surface area contributed by atoms with Crippen LogP contribution in [0.25, 0.3) is 10.9 Å². The number of aromatic amines is 1. The van der Waals surface area contributed by atoms with Crippen LogP contribution >= 0.6 is 0 Å². The number of fused-ring (bicyclic) bond motifs is 1. The van der Waals surface area contributed by atoms with Crippen molar-refractivity contribution in [2.45, 2.75) is 6.04 Å². The van der Waals surface area contributed by atoms with Gasteiger partial charge in [-0.05, 0) is 30.3 Å². The number of anilines is 1. The largest absolute Gasteiger partial charge is 0.505 e. The fourth-order valence-corrected chi connectivity index (χ4v) is 4.42. The second-order valence-electron chi connectivity index (χ2n) is 7.66. The van der Waals surface area contributed by atoms with Gasteiger partial charge in [-0.15, -0.1) is 0 Å². The van der Waals surface area contributed by atoms with Crippen molar-refractivity contribution in [2.24, 2.45) is 0 Å². The molecule has 5 rings (SSSR count). The third kappa shape index (κ3) is 3.46. The third-order valence-electron chi connectivity index (χ3n) is 5.92. The van der Waals surface area contributed by atoms with E-state index in [2.05, 4.69) is 38.1 Å². The summed E-state index contributed by atoms with van der Waals surface area (Å²) in [4.78, 5) is 16.2. The van der Waals surface area contributed by atoms with Crippen molar-refractivity contribution >= 4 is 16.7 Å². The molecule has 6 heteroatoms. The van der Waals surface area contributed by atoms with Gasteiger partial charge in [0.2, 0.25) is 0 Å². The lowest BCUT2D eigenvalue weighted by Gasteiger charge is -2.34.